The van der Waals surface area contributed by atoms with Gasteiger partial charge in [-0.1, -0.05) is 29.5 Å². The summed E-state index contributed by atoms with van der Waals surface area (Å²) in [6, 6.07) is 11.6. The number of halogens is 3. The van der Waals surface area contributed by atoms with Crippen LogP contribution in [0.4, 0.5) is 18.3 Å². The first-order valence-corrected chi connectivity index (χ1v) is 9.83. The zero-order valence-electron chi connectivity index (χ0n) is 15.5. The number of anilines is 1. The predicted molar refractivity (Wildman–Crippen MR) is 105 cm³/mol. The molecule has 9 heteroatoms. The molecule has 2 heterocycles. The van der Waals surface area contributed by atoms with Crippen LogP contribution in [0.1, 0.15) is 11.1 Å². The third-order valence-corrected chi connectivity index (χ3v) is 5.76. The minimum atomic E-state index is -4.71. The molecule has 1 saturated heterocycles. The summed E-state index contributed by atoms with van der Waals surface area (Å²) in [6.45, 7) is 3.49. The second-order valence-electron chi connectivity index (χ2n) is 6.98. The highest BCUT2D eigenvalue weighted by Crippen LogP contribution is 2.33. The van der Waals surface area contributed by atoms with E-state index in [1.165, 1.54) is 29.8 Å². The lowest BCUT2D eigenvalue weighted by atomic mass is 10.00. The first kappa shape index (κ1) is 19.5. The first-order chi connectivity index (χ1) is 13.8. The lowest BCUT2D eigenvalue weighted by molar-refractivity contribution is -0.274. The van der Waals surface area contributed by atoms with Gasteiger partial charge in [-0.25, -0.2) is 4.98 Å². The molecule has 1 aromatic heterocycles. The Morgan fingerprint density at radius 2 is 1.97 bits per heavy atom. The van der Waals surface area contributed by atoms with Gasteiger partial charge in [-0.2, -0.15) is 0 Å². The molecule has 1 N–H and O–H groups in total. The van der Waals surface area contributed by atoms with Gasteiger partial charge in [0, 0.05) is 19.6 Å². The number of hydrogen-bond acceptors (Lipinski definition) is 5. The molecule has 2 aromatic carbocycles. The summed E-state index contributed by atoms with van der Waals surface area (Å²) in [6.07, 6.45) is -4.71. The van der Waals surface area contributed by atoms with E-state index in [1.807, 2.05) is 19.1 Å². The zero-order valence-corrected chi connectivity index (χ0v) is 16.3. The Labute approximate surface area is 169 Å². The van der Waals surface area contributed by atoms with Crippen LogP contribution >= 0.6 is 11.3 Å². The number of nitrogens with zero attached hydrogens (tertiary/aromatic N) is 2. The van der Waals surface area contributed by atoms with E-state index in [0.717, 1.165) is 15.3 Å². The molecule has 0 saturated carbocycles. The molecule has 1 aliphatic heterocycles. The average molecular weight is 421 g/mol. The number of fused-ring (bicyclic) bond motifs is 1. The topological polar surface area (TPSA) is 54.5 Å². The minimum Gasteiger partial charge on any atom is -0.406 e. The molecule has 29 heavy (non-hydrogen) atoms. The van der Waals surface area contributed by atoms with E-state index in [0.29, 0.717) is 18.7 Å². The maximum absolute atomic E-state index is 12.3. The van der Waals surface area contributed by atoms with Gasteiger partial charge in [0.2, 0.25) is 5.91 Å². The maximum Gasteiger partial charge on any atom is 0.573 e. The van der Waals surface area contributed by atoms with Crippen molar-refractivity contribution in [3.63, 3.8) is 0 Å². The number of alkyl halides is 3. The van der Waals surface area contributed by atoms with Gasteiger partial charge >= 0.3 is 6.36 Å². The summed E-state index contributed by atoms with van der Waals surface area (Å²) in [5.74, 6) is -0.487. The molecule has 0 aliphatic carbocycles. The summed E-state index contributed by atoms with van der Waals surface area (Å²) in [5, 5.41) is 3.74. The van der Waals surface area contributed by atoms with Crippen LogP contribution in [0.5, 0.6) is 5.75 Å². The number of hydrogen-bond donors (Lipinski definition) is 1. The van der Waals surface area contributed by atoms with Crippen LogP contribution in [-0.4, -0.2) is 30.3 Å². The van der Waals surface area contributed by atoms with Crippen LogP contribution < -0.4 is 15.0 Å². The largest absolute Gasteiger partial charge is 0.573 e. The fraction of sp³-hybridized carbons (Fsp3) is 0.300. The fourth-order valence-electron chi connectivity index (χ4n) is 3.10. The number of aromatic nitrogens is 1. The van der Waals surface area contributed by atoms with E-state index >= 15 is 0 Å². The lowest BCUT2D eigenvalue weighted by Gasteiger charge is -2.37. The number of aryl methyl sites for hydroxylation is 1. The molecule has 5 nitrogen and oxygen atoms in total. The van der Waals surface area contributed by atoms with Gasteiger partial charge in [0.15, 0.2) is 5.13 Å². The van der Waals surface area contributed by atoms with E-state index in [2.05, 4.69) is 26.0 Å². The molecule has 0 spiro atoms. The number of carbonyl (C=O) groups excluding carboxylic acids is 1. The normalized spacial score (nSPS) is 14.7. The molecule has 0 bridgehead atoms. The minimum absolute atomic E-state index is 0.0752. The van der Waals surface area contributed by atoms with Crippen molar-refractivity contribution in [3.8, 4) is 5.75 Å². The number of ether oxygens (including phenoxy) is 1. The number of thiazole rings is 1. The highest BCUT2D eigenvalue weighted by molar-refractivity contribution is 7.22. The van der Waals surface area contributed by atoms with Gasteiger partial charge in [0.25, 0.3) is 0 Å². The van der Waals surface area contributed by atoms with E-state index in [4.69, 9.17) is 0 Å². The van der Waals surface area contributed by atoms with Crippen molar-refractivity contribution in [2.75, 3.05) is 18.0 Å². The smallest absolute Gasteiger partial charge is 0.406 e. The molecule has 1 amide bonds. The van der Waals surface area contributed by atoms with Gasteiger partial charge in [-0.05, 0) is 42.3 Å². The highest BCUT2D eigenvalue weighted by Gasteiger charge is 2.34. The SMILES string of the molecule is Cc1ccc2nc(N3CC(C(=O)NCc4ccc(OC(F)(F)F)cc4)C3)sc2c1. The monoisotopic (exact) mass is 421 g/mol. The second kappa shape index (κ2) is 7.55. The molecular formula is C20H18F3N3O2S. The molecule has 4 rings (SSSR count). The first-order valence-electron chi connectivity index (χ1n) is 9.01. The predicted octanol–water partition coefficient (Wildman–Crippen LogP) is 4.26. The Kier molecular flexibility index (Phi) is 5.08. The number of carbonyl (C=O) groups is 1. The molecular weight excluding hydrogens is 403 g/mol. The summed E-state index contributed by atoms with van der Waals surface area (Å²) >= 11 is 1.62. The van der Waals surface area contributed by atoms with E-state index in [-0.39, 0.29) is 24.1 Å². The standard InChI is InChI=1S/C20H18F3N3O2S/c1-12-2-7-16-17(8-12)29-19(25-16)26-10-14(11-26)18(27)24-9-13-3-5-15(6-4-13)28-20(21,22)23/h2-8,14H,9-11H2,1H3,(H,24,27). The Bertz CT molecular complexity index is 1030. The fourth-order valence-corrected chi connectivity index (χ4v) is 4.18. The summed E-state index contributed by atoms with van der Waals surface area (Å²) in [4.78, 5) is 19.0. The van der Waals surface area contributed by atoms with Crippen molar-refractivity contribution >= 4 is 32.6 Å². The Morgan fingerprint density at radius 1 is 1.24 bits per heavy atom. The quantitative estimate of drug-likeness (QED) is 0.669. The van der Waals surface area contributed by atoms with E-state index in [1.54, 1.807) is 11.3 Å². The van der Waals surface area contributed by atoms with E-state index in [9.17, 15) is 18.0 Å². The Hall–Kier alpha value is -2.81. The van der Waals surface area contributed by atoms with E-state index < -0.39 is 6.36 Å². The van der Waals surface area contributed by atoms with Crippen LogP contribution in [0.15, 0.2) is 42.5 Å². The highest BCUT2D eigenvalue weighted by atomic mass is 32.1. The lowest BCUT2D eigenvalue weighted by Crippen LogP contribution is -2.53. The van der Waals surface area contributed by atoms with Gasteiger partial charge < -0.3 is 15.0 Å². The van der Waals surface area contributed by atoms with Gasteiger partial charge in [-0.3, -0.25) is 4.79 Å². The van der Waals surface area contributed by atoms with Gasteiger partial charge in [0.05, 0.1) is 16.1 Å². The van der Waals surface area contributed by atoms with Crippen molar-refractivity contribution in [1.29, 1.82) is 0 Å². The molecule has 0 unspecified atom stereocenters. The third-order valence-electron chi connectivity index (χ3n) is 4.68. The molecule has 152 valence electrons. The van der Waals surface area contributed by atoms with Gasteiger partial charge in [-0.15, -0.1) is 13.2 Å². The van der Waals surface area contributed by atoms with Crippen LogP contribution in [0, 0.1) is 12.8 Å². The van der Waals surface area contributed by atoms with Crippen molar-refractivity contribution in [2.24, 2.45) is 5.92 Å². The van der Waals surface area contributed by atoms with Crippen LogP contribution in [0.2, 0.25) is 0 Å². The maximum atomic E-state index is 12.3. The molecule has 1 aliphatic rings. The third kappa shape index (κ3) is 4.61. The van der Waals surface area contributed by atoms with Crippen molar-refractivity contribution in [2.45, 2.75) is 19.8 Å². The average Bonchev–Trinajstić information content (AvgIpc) is 3.01. The van der Waals surface area contributed by atoms with Crippen LogP contribution in [0.25, 0.3) is 10.2 Å². The summed E-state index contributed by atoms with van der Waals surface area (Å²) in [5.41, 5.74) is 2.85. The second-order valence-corrected chi connectivity index (χ2v) is 7.99. The number of amides is 1. The zero-order chi connectivity index (χ0) is 20.6. The Morgan fingerprint density at radius 3 is 2.66 bits per heavy atom. The number of rotatable bonds is 5. The van der Waals surface area contributed by atoms with Gasteiger partial charge in [0.1, 0.15) is 5.75 Å². The molecule has 3 aromatic rings. The number of benzene rings is 2. The summed E-state index contributed by atoms with van der Waals surface area (Å²) in [7, 11) is 0. The molecule has 1 fully saturated rings. The van der Waals surface area contributed by atoms with Crippen LogP contribution in [-0.2, 0) is 11.3 Å². The summed E-state index contributed by atoms with van der Waals surface area (Å²) < 4.78 is 41.5. The van der Waals surface area contributed by atoms with Crippen LogP contribution in [0.3, 0.4) is 0 Å². The van der Waals surface area contributed by atoms with Crippen molar-refractivity contribution < 1.29 is 22.7 Å². The molecule has 0 radical (unpaired) electrons. The van der Waals surface area contributed by atoms with Crippen molar-refractivity contribution in [1.82, 2.24) is 10.3 Å². The molecule has 0 atom stereocenters. The number of nitrogens with one attached hydrogen (secondary N) is 1. The van der Waals surface area contributed by atoms with Crippen molar-refractivity contribution in [3.05, 3.63) is 53.6 Å². The Balaban J connectivity index is 1.27.